The summed E-state index contributed by atoms with van der Waals surface area (Å²) >= 11 is 0. The van der Waals surface area contributed by atoms with Gasteiger partial charge in [-0.05, 0) is 69.6 Å². The van der Waals surface area contributed by atoms with Gasteiger partial charge in [-0.1, -0.05) is 129 Å². The zero-order valence-corrected chi connectivity index (χ0v) is 25.3. The second kappa shape index (κ2) is 9.70. The number of furan rings is 1. The van der Waals surface area contributed by atoms with Gasteiger partial charge in [0.15, 0.2) is 0 Å². The normalized spacial score (nSPS) is 13.3. The van der Waals surface area contributed by atoms with Crippen LogP contribution in [-0.4, -0.2) is 0 Å². The highest BCUT2D eigenvalue weighted by Gasteiger charge is 2.41. The molecule has 0 unspecified atom stereocenters. The van der Waals surface area contributed by atoms with Crippen molar-refractivity contribution >= 4 is 49.8 Å². The second-order valence-electron chi connectivity index (χ2n) is 12.5. The van der Waals surface area contributed by atoms with Crippen LogP contribution >= 0.6 is 0 Å². The van der Waals surface area contributed by atoms with Crippen LogP contribution in [0.15, 0.2) is 156 Å². The molecule has 2 heteroatoms. The number of para-hydroxylation sites is 1. The van der Waals surface area contributed by atoms with Crippen molar-refractivity contribution in [2.24, 2.45) is 0 Å². The second-order valence-corrected chi connectivity index (χ2v) is 12.5. The molecule has 1 aliphatic rings. The Hall–Kier alpha value is -5.60. The molecule has 0 amide bonds. The molecule has 9 rings (SSSR count). The molecule has 0 radical (unpaired) electrons. The first-order chi connectivity index (χ1) is 22.1. The molecule has 1 heterocycles. The maximum absolute atomic E-state index is 6.63. The average molecular weight is 578 g/mol. The summed E-state index contributed by atoms with van der Waals surface area (Å²) in [6.07, 6.45) is 0. The molecular weight excluding hydrogens is 546 g/mol. The fourth-order valence-electron chi connectivity index (χ4n) is 7.61. The Bertz CT molecular complexity index is 2390. The molecule has 0 spiro atoms. The van der Waals surface area contributed by atoms with Gasteiger partial charge in [-0.15, -0.1) is 0 Å². The Morgan fingerprint density at radius 1 is 0.467 bits per heavy atom. The molecular formula is C43H31NO. The minimum absolute atomic E-state index is 0.304. The average Bonchev–Trinajstić information content (AvgIpc) is 3.58. The molecule has 1 aliphatic carbocycles. The molecule has 0 bridgehead atoms. The Morgan fingerprint density at radius 3 is 1.96 bits per heavy atom. The minimum atomic E-state index is -0.304. The Morgan fingerprint density at radius 2 is 1.11 bits per heavy atom. The third-order valence-electron chi connectivity index (χ3n) is 9.61. The van der Waals surface area contributed by atoms with Gasteiger partial charge in [-0.2, -0.15) is 0 Å². The third kappa shape index (κ3) is 3.82. The molecule has 45 heavy (non-hydrogen) atoms. The number of rotatable bonds is 4. The van der Waals surface area contributed by atoms with Crippen molar-refractivity contribution in [3.05, 3.63) is 163 Å². The van der Waals surface area contributed by atoms with E-state index in [1.807, 2.05) is 6.07 Å². The maximum Gasteiger partial charge on any atom is 0.140 e. The van der Waals surface area contributed by atoms with E-state index in [9.17, 15) is 0 Å². The lowest BCUT2D eigenvalue weighted by atomic mass is 9.80. The van der Waals surface area contributed by atoms with Gasteiger partial charge < -0.3 is 9.32 Å². The highest BCUT2D eigenvalue weighted by atomic mass is 16.3. The topological polar surface area (TPSA) is 16.4 Å². The summed E-state index contributed by atoms with van der Waals surface area (Å²) in [6, 6.07) is 54.6. The van der Waals surface area contributed by atoms with E-state index in [0.29, 0.717) is 0 Å². The monoisotopic (exact) mass is 577 g/mol. The molecule has 2 nitrogen and oxygen atoms in total. The number of anilines is 3. The minimum Gasteiger partial charge on any atom is -0.456 e. The van der Waals surface area contributed by atoms with Crippen LogP contribution in [0.25, 0.3) is 55.0 Å². The van der Waals surface area contributed by atoms with E-state index in [1.165, 1.54) is 55.2 Å². The van der Waals surface area contributed by atoms with Crippen molar-refractivity contribution in [2.45, 2.75) is 19.3 Å². The van der Waals surface area contributed by atoms with Crippen LogP contribution in [0.1, 0.15) is 25.0 Å². The molecule has 8 aromatic rings. The fourth-order valence-corrected chi connectivity index (χ4v) is 7.61. The van der Waals surface area contributed by atoms with E-state index in [1.54, 1.807) is 0 Å². The van der Waals surface area contributed by atoms with Crippen LogP contribution in [0.5, 0.6) is 0 Å². The van der Waals surface area contributed by atoms with Crippen molar-refractivity contribution in [1.82, 2.24) is 0 Å². The molecule has 1 aromatic heterocycles. The fraction of sp³-hybridized carbons (Fsp3) is 0.0698. The van der Waals surface area contributed by atoms with E-state index in [4.69, 9.17) is 4.42 Å². The first kappa shape index (κ1) is 25.9. The zero-order chi connectivity index (χ0) is 30.1. The predicted octanol–water partition coefficient (Wildman–Crippen LogP) is 12.2. The molecule has 214 valence electrons. The van der Waals surface area contributed by atoms with Crippen molar-refractivity contribution in [1.29, 1.82) is 0 Å². The summed E-state index contributed by atoms with van der Waals surface area (Å²) in [5.41, 5.74) is 12.6. The van der Waals surface area contributed by atoms with E-state index in [0.717, 1.165) is 27.9 Å². The smallest absolute Gasteiger partial charge is 0.140 e. The van der Waals surface area contributed by atoms with Gasteiger partial charge in [0.1, 0.15) is 11.2 Å². The van der Waals surface area contributed by atoms with Crippen molar-refractivity contribution in [2.75, 3.05) is 4.90 Å². The van der Waals surface area contributed by atoms with Crippen molar-refractivity contribution in [3.8, 4) is 22.3 Å². The van der Waals surface area contributed by atoms with Crippen molar-refractivity contribution < 1.29 is 4.42 Å². The lowest BCUT2D eigenvalue weighted by Gasteiger charge is -2.33. The van der Waals surface area contributed by atoms with Gasteiger partial charge in [0.25, 0.3) is 0 Å². The van der Waals surface area contributed by atoms with Crippen molar-refractivity contribution in [3.63, 3.8) is 0 Å². The largest absolute Gasteiger partial charge is 0.456 e. The summed E-state index contributed by atoms with van der Waals surface area (Å²) in [5, 5.41) is 4.78. The van der Waals surface area contributed by atoms with E-state index >= 15 is 0 Å². The van der Waals surface area contributed by atoms with Crippen LogP contribution in [0.4, 0.5) is 17.1 Å². The quantitative estimate of drug-likeness (QED) is 0.207. The number of nitrogens with zero attached hydrogens (tertiary/aromatic N) is 1. The maximum atomic E-state index is 6.63. The highest BCUT2D eigenvalue weighted by Crippen LogP contribution is 2.57. The zero-order valence-electron chi connectivity index (χ0n) is 25.3. The third-order valence-corrected chi connectivity index (χ3v) is 9.61. The lowest BCUT2D eigenvalue weighted by molar-refractivity contribution is 0.620. The van der Waals surface area contributed by atoms with E-state index in [-0.39, 0.29) is 5.41 Å². The molecule has 0 fully saturated rings. The van der Waals surface area contributed by atoms with Gasteiger partial charge in [0, 0.05) is 32.8 Å². The van der Waals surface area contributed by atoms with Crippen LogP contribution in [0.3, 0.4) is 0 Å². The number of benzene rings is 7. The SMILES string of the molecule is CC1(C)c2c(cccc2N(c2ccc(-c3ccccc3)cc2)c2cccc3ccccc23)-c2ccc3c(oc4ccccc43)c21. The van der Waals surface area contributed by atoms with Gasteiger partial charge in [-0.25, -0.2) is 0 Å². The van der Waals surface area contributed by atoms with E-state index in [2.05, 4.69) is 164 Å². The molecule has 0 aliphatic heterocycles. The standard InChI is InChI=1S/C43H31NO/c1-43(2)40-34(35-26-27-36-33-17-8-9-21-39(33)45-42(36)41(35)43)18-11-20-38(40)44(37-19-10-15-30-14-6-7-16-32(30)37)31-24-22-29(23-25-31)28-12-4-3-5-13-28/h3-27H,1-2H3. The van der Waals surface area contributed by atoms with Crippen LogP contribution in [0.2, 0.25) is 0 Å². The molecule has 0 N–H and O–H groups in total. The number of hydrogen-bond acceptors (Lipinski definition) is 2. The Balaban J connectivity index is 1.30. The highest BCUT2D eigenvalue weighted by molar-refractivity contribution is 6.10. The summed E-state index contributed by atoms with van der Waals surface area (Å²) in [4.78, 5) is 2.46. The molecule has 0 saturated carbocycles. The molecule has 0 saturated heterocycles. The summed E-state index contributed by atoms with van der Waals surface area (Å²) in [5.74, 6) is 0. The number of fused-ring (bicyclic) bond motifs is 8. The van der Waals surface area contributed by atoms with Gasteiger partial charge in [0.05, 0.1) is 11.4 Å². The van der Waals surface area contributed by atoms with Gasteiger partial charge in [-0.3, -0.25) is 0 Å². The Labute approximate surface area is 262 Å². The number of hydrogen-bond donors (Lipinski definition) is 0. The predicted molar refractivity (Wildman–Crippen MR) is 189 cm³/mol. The molecule has 0 atom stereocenters. The van der Waals surface area contributed by atoms with Crippen LogP contribution < -0.4 is 4.90 Å². The van der Waals surface area contributed by atoms with E-state index < -0.39 is 0 Å². The first-order valence-corrected chi connectivity index (χ1v) is 15.6. The van der Waals surface area contributed by atoms with Crippen LogP contribution in [-0.2, 0) is 5.41 Å². The van der Waals surface area contributed by atoms with Gasteiger partial charge in [0.2, 0.25) is 0 Å². The lowest BCUT2D eigenvalue weighted by Crippen LogP contribution is -2.21. The summed E-state index contributed by atoms with van der Waals surface area (Å²) < 4.78 is 6.63. The van der Waals surface area contributed by atoms with Gasteiger partial charge >= 0.3 is 0 Å². The van der Waals surface area contributed by atoms with Crippen LogP contribution in [0, 0.1) is 0 Å². The molecule has 7 aromatic carbocycles. The Kier molecular flexibility index (Phi) is 5.58. The first-order valence-electron chi connectivity index (χ1n) is 15.6. The summed E-state index contributed by atoms with van der Waals surface area (Å²) in [6.45, 7) is 4.71. The summed E-state index contributed by atoms with van der Waals surface area (Å²) in [7, 11) is 0.